The lowest BCUT2D eigenvalue weighted by atomic mass is 10.2. The Labute approximate surface area is 117 Å². The lowest BCUT2D eigenvalue weighted by Gasteiger charge is -2.20. The number of likely N-dealkylation sites (N-methyl/N-ethyl adjacent to an activating group) is 1. The van der Waals surface area contributed by atoms with E-state index >= 15 is 0 Å². The van der Waals surface area contributed by atoms with Gasteiger partial charge in [-0.1, -0.05) is 0 Å². The van der Waals surface area contributed by atoms with Crippen molar-refractivity contribution >= 4 is 17.7 Å². The third-order valence-corrected chi connectivity index (χ3v) is 3.36. The standard InChI is InChI=1S/C12H19N5O3/c1-15(2)10-3-4-16(7-10)12(20)14-9-5-13-17(6-9)8-11(18)19/h5-6,10H,3-4,7-8H2,1-2H3,(H,14,20)(H,18,19). The third kappa shape index (κ3) is 3.47. The van der Waals surface area contributed by atoms with Crippen molar-refractivity contribution in [3.63, 3.8) is 0 Å². The average molecular weight is 281 g/mol. The van der Waals surface area contributed by atoms with Crippen LogP contribution >= 0.6 is 0 Å². The Morgan fingerprint density at radius 2 is 2.30 bits per heavy atom. The fraction of sp³-hybridized carbons (Fsp3) is 0.583. The number of amides is 2. The maximum atomic E-state index is 12.1. The summed E-state index contributed by atoms with van der Waals surface area (Å²) in [6, 6.07) is 0.208. The first-order valence-electron chi connectivity index (χ1n) is 6.42. The molecule has 8 nitrogen and oxygen atoms in total. The Bertz CT molecular complexity index is 499. The molecular formula is C12H19N5O3. The molecule has 1 aliphatic heterocycles. The van der Waals surface area contributed by atoms with E-state index in [1.807, 2.05) is 14.1 Å². The molecule has 1 aromatic rings. The summed E-state index contributed by atoms with van der Waals surface area (Å²) in [5.74, 6) is -0.973. The van der Waals surface area contributed by atoms with Gasteiger partial charge in [-0.05, 0) is 20.5 Å². The maximum absolute atomic E-state index is 12.1. The van der Waals surface area contributed by atoms with Gasteiger partial charge in [0.25, 0.3) is 0 Å². The molecule has 110 valence electrons. The van der Waals surface area contributed by atoms with Crippen LogP contribution in [0.15, 0.2) is 12.4 Å². The van der Waals surface area contributed by atoms with Gasteiger partial charge in [0.05, 0.1) is 11.9 Å². The van der Waals surface area contributed by atoms with Crippen LogP contribution in [-0.2, 0) is 11.3 Å². The van der Waals surface area contributed by atoms with Crippen LogP contribution in [0, 0.1) is 0 Å². The molecule has 0 aromatic carbocycles. The second-order valence-electron chi connectivity index (χ2n) is 5.10. The Kier molecular flexibility index (Phi) is 4.23. The van der Waals surface area contributed by atoms with Crippen molar-refractivity contribution in [2.24, 2.45) is 0 Å². The van der Waals surface area contributed by atoms with E-state index in [0.717, 1.165) is 13.0 Å². The van der Waals surface area contributed by atoms with Gasteiger partial charge in [-0.15, -0.1) is 0 Å². The first-order valence-corrected chi connectivity index (χ1v) is 6.42. The molecule has 2 heterocycles. The Morgan fingerprint density at radius 3 is 2.90 bits per heavy atom. The summed E-state index contributed by atoms with van der Waals surface area (Å²) < 4.78 is 1.27. The summed E-state index contributed by atoms with van der Waals surface area (Å²) >= 11 is 0. The van der Waals surface area contributed by atoms with Crippen molar-refractivity contribution in [2.45, 2.75) is 19.0 Å². The summed E-state index contributed by atoms with van der Waals surface area (Å²) in [6.07, 6.45) is 3.91. The van der Waals surface area contributed by atoms with E-state index in [4.69, 9.17) is 5.11 Å². The molecule has 2 amide bonds. The Balaban J connectivity index is 1.88. The van der Waals surface area contributed by atoms with E-state index in [1.54, 1.807) is 4.90 Å². The second-order valence-corrected chi connectivity index (χ2v) is 5.10. The minimum atomic E-state index is -0.973. The lowest BCUT2D eigenvalue weighted by Crippen LogP contribution is -2.36. The van der Waals surface area contributed by atoms with E-state index in [1.165, 1.54) is 17.1 Å². The molecule has 1 saturated heterocycles. The number of nitrogens with zero attached hydrogens (tertiary/aromatic N) is 4. The first-order chi connectivity index (χ1) is 9.45. The summed E-state index contributed by atoms with van der Waals surface area (Å²) in [5, 5.41) is 15.3. The SMILES string of the molecule is CN(C)C1CCN(C(=O)Nc2cnn(CC(=O)O)c2)C1. The van der Waals surface area contributed by atoms with Gasteiger partial charge in [0.1, 0.15) is 6.54 Å². The summed E-state index contributed by atoms with van der Waals surface area (Å²) in [4.78, 5) is 26.5. The number of urea groups is 1. The topological polar surface area (TPSA) is 90.7 Å². The van der Waals surface area contributed by atoms with Gasteiger partial charge in [-0.3, -0.25) is 9.48 Å². The van der Waals surface area contributed by atoms with Gasteiger partial charge in [-0.25, -0.2) is 4.79 Å². The molecule has 8 heteroatoms. The smallest absolute Gasteiger partial charge is 0.325 e. The number of carbonyl (C=O) groups excluding carboxylic acids is 1. The summed E-state index contributed by atoms with van der Waals surface area (Å²) in [5.41, 5.74) is 0.504. The molecular weight excluding hydrogens is 262 g/mol. The average Bonchev–Trinajstić information content (AvgIpc) is 2.97. The summed E-state index contributed by atoms with van der Waals surface area (Å²) in [7, 11) is 4.00. The quantitative estimate of drug-likeness (QED) is 0.819. The molecule has 2 N–H and O–H groups in total. The molecule has 1 fully saturated rings. The van der Waals surface area contributed by atoms with Gasteiger partial charge in [0.15, 0.2) is 0 Å². The van der Waals surface area contributed by atoms with Crippen molar-refractivity contribution in [2.75, 3.05) is 32.5 Å². The molecule has 0 aliphatic carbocycles. The maximum Gasteiger partial charge on any atom is 0.325 e. The van der Waals surface area contributed by atoms with Gasteiger partial charge < -0.3 is 20.2 Å². The molecule has 20 heavy (non-hydrogen) atoms. The van der Waals surface area contributed by atoms with Gasteiger partial charge in [0, 0.05) is 25.3 Å². The largest absolute Gasteiger partial charge is 0.480 e. The lowest BCUT2D eigenvalue weighted by molar-refractivity contribution is -0.137. The predicted octanol–water partition coefficient (Wildman–Crippen LogP) is 0.135. The van der Waals surface area contributed by atoms with Crippen LogP contribution in [0.3, 0.4) is 0 Å². The monoisotopic (exact) mass is 281 g/mol. The number of likely N-dealkylation sites (tertiary alicyclic amines) is 1. The van der Waals surface area contributed by atoms with Crippen molar-refractivity contribution < 1.29 is 14.7 Å². The van der Waals surface area contributed by atoms with Crippen LogP contribution in [0.1, 0.15) is 6.42 Å². The highest BCUT2D eigenvalue weighted by molar-refractivity contribution is 5.89. The van der Waals surface area contributed by atoms with Crippen LogP contribution in [0.4, 0.5) is 10.5 Å². The van der Waals surface area contributed by atoms with Crippen LogP contribution in [0.2, 0.25) is 0 Å². The van der Waals surface area contributed by atoms with Crippen molar-refractivity contribution in [3.8, 4) is 0 Å². The fourth-order valence-electron chi connectivity index (χ4n) is 2.20. The molecule has 0 spiro atoms. The highest BCUT2D eigenvalue weighted by Gasteiger charge is 2.27. The first kappa shape index (κ1) is 14.3. The molecule has 1 unspecified atom stereocenters. The number of carbonyl (C=O) groups is 2. The normalized spacial score (nSPS) is 18.6. The van der Waals surface area contributed by atoms with Gasteiger partial charge >= 0.3 is 12.0 Å². The minimum Gasteiger partial charge on any atom is -0.480 e. The van der Waals surface area contributed by atoms with E-state index in [2.05, 4.69) is 15.3 Å². The van der Waals surface area contributed by atoms with E-state index in [-0.39, 0.29) is 12.6 Å². The highest BCUT2D eigenvalue weighted by atomic mass is 16.4. The fourth-order valence-corrected chi connectivity index (χ4v) is 2.20. The zero-order valence-electron chi connectivity index (χ0n) is 11.6. The van der Waals surface area contributed by atoms with Crippen LogP contribution in [0.5, 0.6) is 0 Å². The molecule has 2 rings (SSSR count). The molecule has 0 bridgehead atoms. The molecule has 1 aliphatic rings. The number of carboxylic acids is 1. The molecule has 0 saturated carbocycles. The highest BCUT2D eigenvalue weighted by Crippen LogP contribution is 2.15. The predicted molar refractivity (Wildman–Crippen MR) is 72.5 cm³/mol. The molecule has 0 radical (unpaired) electrons. The summed E-state index contributed by atoms with van der Waals surface area (Å²) in [6.45, 7) is 1.20. The second kappa shape index (κ2) is 5.91. The number of hydrogen-bond acceptors (Lipinski definition) is 4. The van der Waals surface area contributed by atoms with E-state index in [0.29, 0.717) is 18.3 Å². The van der Waals surface area contributed by atoms with Crippen molar-refractivity contribution in [1.29, 1.82) is 0 Å². The van der Waals surface area contributed by atoms with E-state index < -0.39 is 5.97 Å². The van der Waals surface area contributed by atoms with Gasteiger partial charge in [0.2, 0.25) is 0 Å². The Hall–Kier alpha value is -2.09. The van der Waals surface area contributed by atoms with Crippen LogP contribution in [0.25, 0.3) is 0 Å². The number of nitrogens with one attached hydrogen (secondary N) is 1. The van der Waals surface area contributed by atoms with Crippen molar-refractivity contribution in [1.82, 2.24) is 19.6 Å². The minimum absolute atomic E-state index is 0.177. The Morgan fingerprint density at radius 1 is 1.55 bits per heavy atom. The van der Waals surface area contributed by atoms with E-state index in [9.17, 15) is 9.59 Å². The zero-order chi connectivity index (χ0) is 14.7. The van der Waals surface area contributed by atoms with Crippen LogP contribution < -0.4 is 5.32 Å². The number of anilines is 1. The number of carboxylic acid groups (broad SMARTS) is 1. The number of hydrogen-bond donors (Lipinski definition) is 2. The number of aromatic nitrogens is 2. The van der Waals surface area contributed by atoms with Gasteiger partial charge in [-0.2, -0.15) is 5.10 Å². The number of rotatable bonds is 4. The van der Waals surface area contributed by atoms with Crippen molar-refractivity contribution in [3.05, 3.63) is 12.4 Å². The molecule has 1 atom stereocenters. The third-order valence-electron chi connectivity index (χ3n) is 3.36. The van der Waals surface area contributed by atoms with Crippen LogP contribution in [-0.4, -0.2) is 69.9 Å². The zero-order valence-corrected chi connectivity index (χ0v) is 11.6. The molecule has 1 aromatic heterocycles. The number of aliphatic carboxylic acids is 1.